The molecule has 7 heteroatoms. The van der Waals surface area contributed by atoms with Crippen LogP contribution in [0.1, 0.15) is 39.4 Å². The number of methoxy groups -OCH3 is 1. The Balaban J connectivity index is 1.75. The Morgan fingerprint density at radius 3 is 2.24 bits per heavy atom. The highest BCUT2D eigenvalue weighted by Crippen LogP contribution is 2.37. The average molecular weight is 476 g/mol. The number of amides is 1. The maximum Gasteiger partial charge on any atom is 0.337 e. The van der Waals surface area contributed by atoms with E-state index < -0.39 is 21.9 Å². The van der Waals surface area contributed by atoms with E-state index in [0.29, 0.717) is 12.0 Å². The topological polar surface area (TPSA) is 80.8 Å². The van der Waals surface area contributed by atoms with Gasteiger partial charge in [-0.3, -0.25) is 4.79 Å². The zero-order chi connectivity index (χ0) is 24.3. The molecule has 3 aromatic carbocycles. The predicted octanol–water partition coefficient (Wildman–Crippen LogP) is 4.61. The molecule has 0 aliphatic carbocycles. The molecule has 0 N–H and O–H groups in total. The molecule has 4 rings (SSSR count). The number of allylic oxidation sites excluding steroid dienone is 1. The smallest absolute Gasteiger partial charge is 0.337 e. The normalized spacial score (nSPS) is 16.2. The van der Waals surface area contributed by atoms with Gasteiger partial charge >= 0.3 is 5.97 Å². The zero-order valence-corrected chi connectivity index (χ0v) is 19.8. The fourth-order valence-electron chi connectivity index (χ4n) is 4.04. The summed E-state index contributed by atoms with van der Waals surface area (Å²) in [5.41, 5.74) is 3.97. The van der Waals surface area contributed by atoms with Crippen LogP contribution in [0.4, 0.5) is 0 Å². The number of carbonyl (C=O) groups excluding carboxylic acids is 2. The summed E-state index contributed by atoms with van der Waals surface area (Å²) in [7, 11) is -2.71. The predicted molar refractivity (Wildman–Crippen MR) is 129 cm³/mol. The van der Waals surface area contributed by atoms with Gasteiger partial charge in [0.05, 0.1) is 17.6 Å². The molecule has 1 aliphatic rings. The molecule has 0 aromatic heterocycles. The van der Waals surface area contributed by atoms with Crippen LogP contribution in [0.3, 0.4) is 0 Å². The number of esters is 1. The summed E-state index contributed by atoms with van der Waals surface area (Å²) >= 11 is 0. The van der Waals surface area contributed by atoms with Crippen molar-refractivity contribution in [3.05, 3.63) is 113 Å². The quantitative estimate of drug-likeness (QED) is 0.486. The van der Waals surface area contributed by atoms with E-state index in [-0.39, 0.29) is 17.2 Å². The summed E-state index contributed by atoms with van der Waals surface area (Å²) in [6, 6.07) is 23.0. The molecule has 0 radical (unpaired) electrons. The highest BCUT2D eigenvalue weighted by Gasteiger charge is 2.36. The van der Waals surface area contributed by atoms with Crippen LogP contribution in [0, 0.1) is 6.92 Å². The summed E-state index contributed by atoms with van der Waals surface area (Å²) < 4.78 is 32.3. The molecule has 174 valence electrons. The molecule has 1 amide bonds. The van der Waals surface area contributed by atoms with E-state index >= 15 is 0 Å². The highest BCUT2D eigenvalue weighted by molar-refractivity contribution is 7.89. The number of ether oxygens (including phenoxy) is 1. The highest BCUT2D eigenvalue weighted by atomic mass is 32.2. The second-order valence-electron chi connectivity index (χ2n) is 8.24. The van der Waals surface area contributed by atoms with Gasteiger partial charge in [-0.2, -0.15) is 0 Å². The fraction of sp³-hybridized carbons (Fsp3) is 0.185. The van der Waals surface area contributed by atoms with Crippen molar-refractivity contribution in [3.8, 4) is 0 Å². The Bertz CT molecular complexity index is 1330. The van der Waals surface area contributed by atoms with Gasteiger partial charge in [-0.15, -0.1) is 0 Å². The lowest BCUT2D eigenvalue weighted by Crippen LogP contribution is -2.37. The van der Waals surface area contributed by atoms with Gasteiger partial charge in [0, 0.05) is 18.5 Å². The number of hydrogen-bond acceptors (Lipinski definition) is 5. The van der Waals surface area contributed by atoms with Crippen molar-refractivity contribution in [2.75, 3.05) is 7.11 Å². The molecule has 0 saturated carbocycles. The summed E-state index contributed by atoms with van der Waals surface area (Å²) in [5.74, 6) is -1.26. The van der Waals surface area contributed by atoms with Crippen molar-refractivity contribution in [2.24, 2.45) is 0 Å². The van der Waals surface area contributed by atoms with Crippen LogP contribution in [0.25, 0.3) is 0 Å². The Kier molecular flexibility index (Phi) is 6.65. The number of hydrogen-bond donors (Lipinski definition) is 0. The van der Waals surface area contributed by atoms with Crippen molar-refractivity contribution in [2.45, 2.75) is 30.6 Å². The van der Waals surface area contributed by atoms with Gasteiger partial charge in [0.25, 0.3) is 10.0 Å². The average Bonchev–Trinajstić information content (AvgIpc) is 2.85. The maximum absolute atomic E-state index is 13.3. The molecule has 1 aliphatic heterocycles. The molecular formula is C27H25NO5S. The van der Waals surface area contributed by atoms with E-state index in [9.17, 15) is 18.0 Å². The molecule has 34 heavy (non-hydrogen) atoms. The summed E-state index contributed by atoms with van der Waals surface area (Å²) in [5, 5.41) is 0. The fourth-order valence-corrected chi connectivity index (χ4v) is 5.36. The molecule has 0 spiro atoms. The minimum absolute atomic E-state index is 0.00132. The van der Waals surface area contributed by atoms with Gasteiger partial charge in [0.2, 0.25) is 5.91 Å². The molecule has 0 unspecified atom stereocenters. The van der Waals surface area contributed by atoms with Crippen LogP contribution in [-0.2, 0) is 26.0 Å². The second kappa shape index (κ2) is 9.65. The molecule has 0 saturated heterocycles. The summed E-state index contributed by atoms with van der Waals surface area (Å²) in [6.45, 7) is 1.87. The lowest BCUT2D eigenvalue weighted by Gasteiger charge is -2.31. The van der Waals surface area contributed by atoms with Gasteiger partial charge in [0.15, 0.2) is 0 Å². The van der Waals surface area contributed by atoms with Gasteiger partial charge in [-0.05, 0) is 54.3 Å². The molecule has 6 nitrogen and oxygen atoms in total. The molecular weight excluding hydrogens is 450 g/mol. The number of benzene rings is 3. The van der Waals surface area contributed by atoms with Crippen LogP contribution < -0.4 is 0 Å². The van der Waals surface area contributed by atoms with Crippen LogP contribution in [-0.4, -0.2) is 31.7 Å². The first-order chi connectivity index (χ1) is 16.3. The van der Waals surface area contributed by atoms with Crippen LogP contribution >= 0.6 is 0 Å². The standard InChI is InChI=1S/C27H25NO5S/c1-19-8-14-24(15-9-19)34(31,32)28-18-23(16-20-6-4-3-5-7-20)25(17-26(28)29)21-10-12-22(13-11-21)27(30)33-2/h3-15,18,25H,16-17H2,1-2H3/t25-/m1/s1. The zero-order valence-electron chi connectivity index (χ0n) is 19.0. The summed E-state index contributed by atoms with van der Waals surface area (Å²) in [4.78, 5) is 25.0. The van der Waals surface area contributed by atoms with E-state index in [4.69, 9.17) is 4.74 Å². The van der Waals surface area contributed by atoms with Gasteiger partial charge in [0.1, 0.15) is 0 Å². The van der Waals surface area contributed by atoms with Gasteiger partial charge < -0.3 is 4.74 Å². The first kappa shape index (κ1) is 23.4. The Morgan fingerprint density at radius 1 is 0.971 bits per heavy atom. The number of sulfonamides is 1. The second-order valence-corrected chi connectivity index (χ2v) is 10.1. The van der Waals surface area contributed by atoms with Crippen molar-refractivity contribution in [3.63, 3.8) is 0 Å². The number of rotatable bonds is 6. The van der Waals surface area contributed by atoms with E-state index in [1.807, 2.05) is 37.3 Å². The van der Waals surface area contributed by atoms with Crippen molar-refractivity contribution >= 4 is 21.9 Å². The Labute approximate surface area is 199 Å². The maximum atomic E-state index is 13.3. The van der Waals surface area contributed by atoms with E-state index in [2.05, 4.69) is 0 Å². The molecule has 3 aromatic rings. The van der Waals surface area contributed by atoms with Crippen molar-refractivity contribution in [1.82, 2.24) is 4.31 Å². The van der Waals surface area contributed by atoms with Crippen LogP contribution in [0.2, 0.25) is 0 Å². The lowest BCUT2D eigenvalue weighted by atomic mass is 9.83. The van der Waals surface area contributed by atoms with E-state index in [1.165, 1.54) is 25.4 Å². The first-order valence-electron chi connectivity index (χ1n) is 10.9. The number of nitrogens with zero attached hydrogens (tertiary/aromatic N) is 1. The monoisotopic (exact) mass is 475 g/mol. The molecule has 0 bridgehead atoms. The third-order valence-corrected chi connectivity index (χ3v) is 7.61. The van der Waals surface area contributed by atoms with E-state index in [0.717, 1.165) is 26.6 Å². The lowest BCUT2D eigenvalue weighted by molar-refractivity contribution is -0.125. The van der Waals surface area contributed by atoms with E-state index in [1.54, 1.807) is 36.4 Å². The number of aryl methyl sites for hydroxylation is 1. The minimum atomic E-state index is -4.03. The Hall–Kier alpha value is -3.71. The largest absolute Gasteiger partial charge is 0.465 e. The third-order valence-electron chi connectivity index (χ3n) is 5.92. The number of carbonyl (C=O) groups is 2. The van der Waals surface area contributed by atoms with Gasteiger partial charge in [-0.25, -0.2) is 17.5 Å². The van der Waals surface area contributed by atoms with Crippen LogP contribution in [0.5, 0.6) is 0 Å². The minimum Gasteiger partial charge on any atom is -0.465 e. The molecule has 0 fully saturated rings. The SMILES string of the molecule is COC(=O)c1ccc([C@H]2CC(=O)N(S(=O)(=O)c3ccc(C)cc3)C=C2Cc2ccccc2)cc1. The van der Waals surface area contributed by atoms with Crippen molar-refractivity contribution in [1.29, 1.82) is 0 Å². The van der Waals surface area contributed by atoms with Crippen molar-refractivity contribution < 1.29 is 22.7 Å². The molecule has 1 heterocycles. The molecule has 1 atom stereocenters. The Morgan fingerprint density at radius 2 is 1.62 bits per heavy atom. The third kappa shape index (κ3) is 4.79. The van der Waals surface area contributed by atoms with Gasteiger partial charge in [-0.1, -0.05) is 60.2 Å². The van der Waals surface area contributed by atoms with Crippen LogP contribution in [0.15, 0.2) is 95.5 Å². The summed E-state index contributed by atoms with van der Waals surface area (Å²) in [6.07, 6.45) is 1.95. The first-order valence-corrected chi connectivity index (χ1v) is 12.3.